The summed E-state index contributed by atoms with van der Waals surface area (Å²) < 4.78 is 5.12. The van der Waals surface area contributed by atoms with Crippen molar-refractivity contribution in [2.75, 3.05) is 26.7 Å². The highest BCUT2D eigenvalue weighted by atomic mass is 16.5. The summed E-state index contributed by atoms with van der Waals surface area (Å²) in [4.78, 5) is 25.7. The van der Waals surface area contributed by atoms with Crippen molar-refractivity contribution >= 4 is 11.8 Å². The summed E-state index contributed by atoms with van der Waals surface area (Å²) in [5, 5.41) is 2.69. The van der Waals surface area contributed by atoms with Crippen LogP contribution >= 0.6 is 0 Å². The van der Waals surface area contributed by atoms with Crippen LogP contribution in [0, 0.1) is 0 Å². The topological polar surface area (TPSA) is 58.6 Å². The third kappa shape index (κ3) is 4.77. The largest absolute Gasteiger partial charge is 0.497 e. The summed E-state index contributed by atoms with van der Waals surface area (Å²) >= 11 is 0. The van der Waals surface area contributed by atoms with Crippen LogP contribution in [-0.4, -0.2) is 43.5 Å². The monoisotopic (exact) mass is 290 g/mol. The summed E-state index contributed by atoms with van der Waals surface area (Å²) in [5.74, 6) is 0.590. The van der Waals surface area contributed by atoms with Crippen molar-refractivity contribution in [3.63, 3.8) is 0 Å². The van der Waals surface area contributed by atoms with Gasteiger partial charge in [-0.05, 0) is 37.0 Å². The SMILES string of the molecule is COc1cccc(CC(=O)NCC(=O)N2CCCCC2)c1. The number of piperidine rings is 1. The summed E-state index contributed by atoms with van der Waals surface area (Å²) in [6.45, 7) is 1.71. The molecule has 1 heterocycles. The number of likely N-dealkylation sites (tertiary alicyclic amines) is 1. The van der Waals surface area contributed by atoms with E-state index in [1.54, 1.807) is 7.11 Å². The van der Waals surface area contributed by atoms with E-state index < -0.39 is 0 Å². The maximum Gasteiger partial charge on any atom is 0.241 e. The lowest BCUT2D eigenvalue weighted by Gasteiger charge is -2.26. The van der Waals surface area contributed by atoms with Gasteiger partial charge >= 0.3 is 0 Å². The van der Waals surface area contributed by atoms with Gasteiger partial charge in [0.15, 0.2) is 0 Å². The molecule has 1 aliphatic rings. The van der Waals surface area contributed by atoms with Crippen molar-refractivity contribution in [3.05, 3.63) is 29.8 Å². The minimum Gasteiger partial charge on any atom is -0.497 e. The first kappa shape index (κ1) is 15.4. The summed E-state index contributed by atoms with van der Waals surface area (Å²) in [6, 6.07) is 7.38. The Balaban J connectivity index is 1.77. The predicted molar refractivity (Wildman–Crippen MR) is 80.1 cm³/mol. The predicted octanol–water partition coefficient (Wildman–Crippen LogP) is 1.37. The Morgan fingerprint density at radius 3 is 2.71 bits per heavy atom. The minimum atomic E-state index is -0.145. The van der Waals surface area contributed by atoms with Crippen molar-refractivity contribution in [1.82, 2.24) is 10.2 Å². The van der Waals surface area contributed by atoms with E-state index in [0.717, 1.165) is 37.2 Å². The van der Waals surface area contributed by atoms with Gasteiger partial charge in [0, 0.05) is 13.1 Å². The fourth-order valence-corrected chi connectivity index (χ4v) is 2.46. The lowest BCUT2D eigenvalue weighted by Crippen LogP contribution is -2.42. The van der Waals surface area contributed by atoms with E-state index in [-0.39, 0.29) is 24.8 Å². The molecule has 0 saturated carbocycles. The second kappa shape index (κ2) is 7.67. The molecule has 0 aliphatic carbocycles. The third-order valence-electron chi connectivity index (χ3n) is 3.64. The zero-order chi connectivity index (χ0) is 15.1. The van der Waals surface area contributed by atoms with Gasteiger partial charge in [-0.15, -0.1) is 0 Å². The van der Waals surface area contributed by atoms with Crippen molar-refractivity contribution in [3.8, 4) is 5.75 Å². The number of rotatable bonds is 5. The van der Waals surface area contributed by atoms with Crippen LogP contribution in [0.4, 0.5) is 0 Å². The minimum absolute atomic E-state index is 0.00805. The van der Waals surface area contributed by atoms with Crippen molar-refractivity contribution in [2.45, 2.75) is 25.7 Å². The summed E-state index contributed by atoms with van der Waals surface area (Å²) in [6.07, 6.45) is 3.56. The number of hydrogen-bond acceptors (Lipinski definition) is 3. The highest BCUT2D eigenvalue weighted by Crippen LogP contribution is 2.13. The number of methoxy groups -OCH3 is 1. The Hall–Kier alpha value is -2.04. The van der Waals surface area contributed by atoms with Crippen LogP contribution in [0.2, 0.25) is 0 Å². The van der Waals surface area contributed by atoms with Crippen LogP contribution in [0.1, 0.15) is 24.8 Å². The summed E-state index contributed by atoms with van der Waals surface area (Å²) in [5.41, 5.74) is 0.872. The average Bonchev–Trinajstić information content (AvgIpc) is 2.53. The molecular formula is C16H22N2O3. The first-order valence-corrected chi connectivity index (χ1v) is 7.36. The van der Waals surface area contributed by atoms with Gasteiger partial charge in [-0.2, -0.15) is 0 Å². The van der Waals surface area contributed by atoms with E-state index in [2.05, 4.69) is 5.32 Å². The van der Waals surface area contributed by atoms with E-state index in [9.17, 15) is 9.59 Å². The molecule has 1 N–H and O–H groups in total. The Morgan fingerprint density at radius 2 is 2.00 bits per heavy atom. The number of nitrogens with one attached hydrogen (secondary N) is 1. The van der Waals surface area contributed by atoms with E-state index in [4.69, 9.17) is 4.74 Å². The van der Waals surface area contributed by atoms with E-state index in [0.29, 0.717) is 0 Å². The molecule has 0 bridgehead atoms. The van der Waals surface area contributed by atoms with Gasteiger partial charge in [0.25, 0.3) is 0 Å². The molecule has 0 unspecified atom stereocenters. The van der Waals surface area contributed by atoms with Crippen molar-refractivity contribution in [2.24, 2.45) is 0 Å². The molecule has 2 amide bonds. The molecule has 1 saturated heterocycles. The van der Waals surface area contributed by atoms with Crippen molar-refractivity contribution < 1.29 is 14.3 Å². The number of carbonyl (C=O) groups is 2. The Morgan fingerprint density at radius 1 is 1.24 bits per heavy atom. The average molecular weight is 290 g/mol. The van der Waals surface area contributed by atoms with E-state index in [1.807, 2.05) is 29.2 Å². The zero-order valence-electron chi connectivity index (χ0n) is 12.4. The summed E-state index contributed by atoms with van der Waals surface area (Å²) in [7, 11) is 1.59. The number of carbonyl (C=O) groups excluding carboxylic acids is 2. The van der Waals surface area contributed by atoms with Gasteiger partial charge in [-0.1, -0.05) is 12.1 Å². The third-order valence-corrected chi connectivity index (χ3v) is 3.64. The molecule has 0 atom stereocenters. The quantitative estimate of drug-likeness (QED) is 0.891. The molecule has 5 nitrogen and oxygen atoms in total. The standard InChI is InChI=1S/C16H22N2O3/c1-21-14-7-5-6-13(10-14)11-15(19)17-12-16(20)18-8-3-2-4-9-18/h5-7,10H,2-4,8-9,11-12H2,1H3,(H,17,19). The number of nitrogens with zero attached hydrogens (tertiary/aromatic N) is 1. The molecule has 0 spiro atoms. The first-order chi connectivity index (χ1) is 10.2. The van der Waals surface area contributed by atoms with Gasteiger partial charge in [0.05, 0.1) is 20.1 Å². The molecule has 0 aromatic heterocycles. The van der Waals surface area contributed by atoms with Crippen LogP contribution < -0.4 is 10.1 Å². The van der Waals surface area contributed by atoms with Crippen LogP contribution in [0.5, 0.6) is 5.75 Å². The highest BCUT2D eigenvalue weighted by Gasteiger charge is 2.16. The van der Waals surface area contributed by atoms with Crippen LogP contribution in [0.3, 0.4) is 0 Å². The van der Waals surface area contributed by atoms with Gasteiger partial charge < -0.3 is 15.0 Å². The van der Waals surface area contributed by atoms with E-state index in [1.165, 1.54) is 6.42 Å². The lowest BCUT2D eigenvalue weighted by molar-refractivity contribution is -0.133. The molecule has 1 fully saturated rings. The Bertz CT molecular complexity index is 496. The molecule has 2 rings (SSSR count). The molecule has 114 valence electrons. The maximum absolute atomic E-state index is 11.9. The zero-order valence-corrected chi connectivity index (χ0v) is 12.4. The fourth-order valence-electron chi connectivity index (χ4n) is 2.46. The molecule has 1 aliphatic heterocycles. The second-order valence-electron chi connectivity index (χ2n) is 5.25. The Labute approximate surface area is 125 Å². The van der Waals surface area contributed by atoms with Crippen LogP contribution in [0.25, 0.3) is 0 Å². The first-order valence-electron chi connectivity index (χ1n) is 7.36. The highest BCUT2D eigenvalue weighted by molar-refractivity contribution is 5.85. The number of ether oxygens (including phenoxy) is 1. The number of hydrogen-bond donors (Lipinski definition) is 1. The van der Waals surface area contributed by atoms with E-state index >= 15 is 0 Å². The van der Waals surface area contributed by atoms with Gasteiger partial charge in [-0.3, -0.25) is 9.59 Å². The molecule has 1 aromatic carbocycles. The normalized spacial score (nSPS) is 14.6. The molecule has 0 radical (unpaired) electrons. The molecule has 21 heavy (non-hydrogen) atoms. The van der Waals surface area contributed by atoms with Crippen LogP contribution in [0.15, 0.2) is 24.3 Å². The van der Waals surface area contributed by atoms with Gasteiger partial charge in [0.1, 0.15) is 5.75 Å². The van der Waals surface area contributed by atoms with Crippen LogP contribution in [-0.2, 0) is 16.0 Å². The molecule has 5 heteroatoms. The fraction of sp³-hybridized carbons (Fsp3) is 0.500. The molecule has 1 aromatic rings. The van der Waals surface area contributed by atoms with Gasteiger partial charge in [-0.25, -0.2) is 0 Å². The molecular weight excluding hydrogens is 268 g/mol. The van der Waals surface area contributed by atoms with Crippen molar-refractivity contribution in [1.29, 1.82) is 0 Å². The number of amides is 2. The maximum atomic E-state index is 11.9. The smallest absolute Gasteiger partial charge is 0.241 e. The lowest BCUT2D eigenvalue weighted by atomic mass is 10.1. The number of benzene rings is 1. The Kier molecular flexibility index (Phi) is 5.60. The second-order valence-corrected chi connectivity index (χ2v) is 5.25. The van der Waals surface area contributed by atoms with Gasteiger partial charge in [0.2, 0.25) is 11.8 Å².